The van der Waals surface area contributed by atoms with Crippen LogP contribution in [0.4, 0.5) is 0 Å². The van der Waals surface area contributed by atoms with Crippen molar-refractivity contribution in [1.29, 1.82) is 0 Å². The number of ether oxygens (including phenoxy) is 2. The van der Waals surface area contributed by atoms with Crippen molar-refractivity contribution >= 4 is 10.1 Å². The average Bonchev–Trinajstić information content (AvgIpc) is 2.98. The van der Waals surface area contributed by atoms with Crippen molar-refractivity contribution in [3.8, 4) is 0 Å². The molecule has 0 aliphatic carbocycles. The summed E-state index contributed by atoms with van der Waals surface area (Å²) in [5.74, 6) is -0.369. The van der Waals surface area contributed by atoms with E-state index in [0.717, 1.165) is 12.0 Å². The largest absolute Gasteiger partial charge is 0.381 e. The molecule has 2 atom stereocenters. The van der Waals surface area contributed by atoms with Gasteiger partial charge in [0.2, 0.25) is 0 Å². The summed E-state index contributed by atoms with van der Waals surface area (Å²) in [6, 6.07) is 18.9. The van der Waals surface area contributed by atoms with Gasteiger partial charge in [-0.15, -0.1) is 0 Å². The van der Waals surface area contributed by atoms with E-state index in [9.17, 15) is 8.42 Å². The SMILES string of the molecule is CCCCCCCCCCCCCCCCOCC(CC)C(OCc1ccccc1)OS(=O)(=O)Cc1ccccc1. The van der Waals surface area contributed by atoms with Crippen LogP contribution in [-0.4, -0.2) is 27.9 Å². The second kappa shape index (κ2) is 22.8. The lowest BCUT2D eigenvalue weighted by molar-refractivity contribution is -0.136. The zero-order chi connectivity index (χ0) is 29.4. The van der Waals surface area contributed by atoms with Crippen LogP contribution >= 0.6 is 0 Å². The highest BCUT2D eigenvalue weighted by Crippen LogP contribution is 2.21. The summed E-state index contributed by atoms with van der Waals surface area (Å²) in [5.41, 5.74) is 1.66. The van der Waals surface area contributed by atoms with Gasteiger partial charge in [-0.25, -0.2) is 4.18 Å². The Balaban J connectivity index is 1.67. The van der Waals surface area contributed by atoms with Crippen LogP contribution in [0.1, 0.15) is 121 Å². The Morgan fingerprint density at radius 3 is 1.63 bits per heavy atom. The summed E-state index contributed by atoms with van der Waals surface area (Å²) in [5, 5.41) is 0. The standard InChI is InChI=1S/C35H56O5S/c1-3-5-6-7-8-9-10-11-12-13-14-15-16-23-28-38-30-34(4-2)35(39-29-32-24-19-17-20-25-32)40-41(36,37)31-33-26-21-18-22-27-33/h17-22,24-27,34-35H,3-16,23,28-31H2,1-2H3. The van der Waals surface area contributed by atoms with Gasteiger partial charge in [-0.05, 0) is 24.0 Å². The fourth-order valence-electron chi connectivity index (χ4n) is 4.97. The molecule has 0 saturated heterocycles. The first-order chi connectivity index (χ1) is 20.0. The third-order valence-electron chi connectivity index (χ3n) is 7.57. The molecule has 2 aromatic carbocycles. The van der Waals surface area contributed by atoms with Gasteiger partial charge in [0.05, 0.1) is 13.2 Å². The Morgan fingerprint density at radius 2 is 1.12 bits per heavy atom. The predicted molar refractivity (Wildman–Crippen MR) is 170 cm³/mol. The molecule has 0 N–H and O–H groups in total. The maximum Gasteiger partial charge on any atom is 0.274 e. The first-order valence-corrected chi connectivity index (χ1v) is 17.8. The Kier molecular flexibility index (Phi) is 19.7. The van der Waals surface area contributed by atoms with E-state index < -0.39 is 16.4 Å². The summed E-state index contributed by atoms with van der Waals surface area (Å²) < 4.78 is 43.6. The Morgan fingerprint density at radius 1 is 0.634 bits per heavy atom. The van der Waals surface area contributed by atoms with Crippen LogP contribution in [0.15, 0.2) is 60.7 Å². The van der Waals surface area contributed by atoms with Crippen molar-refractivity contribution in [2.45, 2.75) is 129 Å². The molecule has 6 heteroatoms. The Bertz CT molecular complexity index is 965. The molecule has 0 spiro atoms. The first-order valence-electron chi connectivity index (χ1n) is 16.2. The first kappa shape index (κ1) is 35.5. The van der Waals surface area contributed by atoms with E-state index in [-0.39, 0.29) is 18.3 Å². The van der Waals surface area contributed by atoms with E-state index in [1.165, 1.54) is 83.5 Å². The van der Waals surface area contributed by atoms with Gasteiger partial charge in [-0.1, -0.05) is 158 Å². The van der Waals surface area contributed by atoms with E-state index >= 15 is 0 Å². The quantitative estimate of drug-likeness (QED) is 0.0622. The van der Waals surface area contributed by atoms with Crippen LogP contribution < -0.4 is 0 Å². The van der Waals surface area contributed by atoms with E-state index in [4.69, 9.17) is 13.7 Å². The molecule has 2 rings (SSSR count). The van der Waals surface area contributed by atoms with Crippen molar-refractivity contribution in [2.24, 2.45) is 5.92 Å². The Hall–Kier alpha value is -1.73. The average molecular weight is 589 g/mol. The normalized spacial score (nSPS) is 13.3. The molecular weight excluding hydrogens is 532 g/mol. The summed E-state index contributed by atoms with van der Waals surface area (Å²) >= 11 is 0. The number of benzene rings is 2. The second-order valence-corrected chi connectivity index (χ2v) is 12.9. The summed E-state index contributed by atoms with van der Waals surface area (Å²) in [6.45, 7) is 5.66. The van der Waals surface area contributed by atoms with Crippen LogP contribution in [0.5, 0.6) is 0 Å². The molecule has 0 fully saturated rings. The minimum atomic E-state index is -3.83. The van der Waals surface area contributed by atoms with Gasteiger partial charge in [0.1, 0.15) is 5.75 Å². The van der Waals surface area contributed by atoms with E-state index in [0.29, 0.717) is 25.2 Å². The molecule has 0 radical (unpaired) electrons. The molecule has 0 aliphatic heterocycles. The molecule has 41 heavy (non-hydrogen) atoms. The number of rotatable bonds is 26. The van der Waals surface area contributed by atoms with Crippen LogP contribution in [0.3, 0.4) is 0 Å². The predicted octanol–water partition coefficient (Wildman–Crippen LogP) is 9.60. The highest BCUT2D eigenvalue weighted by atomic mass is 32.2. The third kappa shape index (κ3) is 17.7. The zero-order valence-electron chi connectivity index (χ0n) is 25.8. The van der Waals surface area contributed by atoms with Gasteiger partial charge in [0, 0.05) is 12.5 Å². The second-order valence-electron chi connectivity index (χ2n) is 11.3. The number of hydrogen-bond acceptors (Lipinski definition) is 5. The van der Waals surface area contributed by atoms with Crippen molar-refractivity contribution in [3.63, 3.8) is 0 Å². The van der Waals surface area contributed by atoms with E-state index in [1.807, 2.05) is 55.5 Å². The monoisotopic (exact) mass is 588 g/mol. The molecule has 0 bridgehead atoms. The van der Waals surface area contributed by atoms with E-state index in [1.54, 1.807) is 12.1 Å². The molecule has 2 aromatic rings. The smallest absolute Gasteiger partial charge is 0.274 e. The minimum absolute atomic E-state index is 0.184. The molecular formula is C35H56O5S. The van der Waals surface area contributed by atoms with Crippen molar-refractivity contribution in [1.82, 2.24) is 0 Å². The van der Waals surface area contributed by atoms with Gasteiger partial charge in [-0.2, -0.15) is 8.42 Å². The number of unbranched alkanes of at least 4 members (excludes halogenated alkanes) is 13. The molecule has 0 aliphatic rings. The Labute approximate surface area is 251 Å². The molecule has 0 heterocycles. The summed E-state index contributed by atoms with van der Waals surface area (Å²) in [7, 11) is -3.83. The maximum absolute atomic E-state index is 12.9. The van der Waals surface area contributed by atoms with Crippen LogP contribution in [0.2, 0.25) is 0 Å². The highest BCUT2D eigenvalue weighted by molar-refractivity contribution is 7.85. The van der Waals surface area contributed by atoms with Gasteiger partial charge in [0.25, 0.3) is 10.1 Å². The molecule has 0 aromatic heterocycles. The van der Waals surface area contributed by atoms with E-state index in [2.05, 4.69) is 6.92 Å². The lowest BCUT2D eigenvalue weighted by Crippen LogP contribution is -2.33. The topological polar surface area (TPSA) is 61.8 Å². The van der Waals surface area contributed by atoms with Crippen molar-refractivity contribution < 1.29 is 22.1 Å². The van der Waals surface area contributed by atoms with Crippen LogP contribution in [-0.2, 0) is 36.1 Å². The molecule has 5 nitrogen and oxygen atoms in total. The fourth-order valence-corrected chi connectivity index (χ4v) is 6.14. The zero-order valence-corrected chi connectivity index (χ0v) is 26.6. The van der Waals surface area contributed by atoms with Crippen molar-refractivity contribution in [3.05, 3.63) is 71.8 Å². The van der Waals surface area contributed by atoms with Gasteiger partial charge in [-0.3, -0.25) is 0 Å². The minimum Gasteiger partial charge on any atom is -0.381 e. The van der Waals surface area contributed by atoms with Gasteiger partial charge < -0.3 is 9.47 Å². The highest BCUT2D eigenvalue weighted by Gasteiger charge is 2.28. The number of hydrogen-bond donors (Lipinski definition) is 0. The third-order valence-corrected chi connectivity index (χ3v) is 8.74. The van der Waals surface area contributed by atoms with Crippen LogP contribution in [0, 0.1) is 5.92 Å². The van der Waals surface area contributed by atoms with Gasteiger partial charge >= 0.3 is 0 Å². The lowest BCUT2D eigenvalue weighted by atomic mass is 10.0. The molecule has 0 saturated carbocycles. The van der Waals surface area contributed by atoms with Crippen molar-refractivity contribution in [2.75, 3.05) is 13.2 Å². The maximum atomic E-state index is 12.9. The lowest BCUT2D eigenvalue weighted by Gasteiger charge is -2.26. The van der Waals surface area contributed by atoms with Crippen LogP contribution in [0.25, 0.3) is 0 Å². The van der Waals surface area contributed by atoms with Gasteiger partial charge in [0.15, 0.2) is 6.29 Å². The molecule has 232 valence electrons. The summed E-state index contributed by atoms with van der Waals surface area (Å²) in [4.78, 5) is 0. The molecule has 0 amide bonds. The summed E-state index contributed by atoms with van der Waals surface area (Å²) in [6.07, 6.45) is 18.4. The fraction of sp³-hybridized carbons (Fsp3) is 0.657. The molecule has 2 unspecified atom stereocenters.